The number of aryl methyl sites for hydroxylation is 1. The van der Waals surface area contributed by atoms with Gasteiger partial charge in [0.1, 0.15) is 0 Å². The molecule has 0 aromatic carbocycles. The van der Waals surface area contributed by atoms with E-state index < -0.39 is 5.92 Å². The molecule has 134 valence electrons. The largest absolute Gasteiger partial charge is 0.348 e. The van der Waals surface area contributed by atoms with Crippen molar-refractivity contribution in [3.8, 4) is 0 Å². The molecule has 1 aromatic heterocycles. The van der Waals surface area contributed by atoms with Crippen molar-refractivity contribution in [1.82, 2.24) is 24.5 Å². The molecule has 1 fully saturated rings. The maximum atomic E-state index is 13.5. The highest BCUT2D eigenvalue weighted by atomic mass is 19.3. The van der Waals surface area contributed by atoms with Gasteiger partial charge in [-0.05, 0) is 12.5 Å². The van der Waals surface area contributed by atoms with Crippen LogP contribution in [0.3, 0.4) is 0 Å². The number of rotatable bonds is 4. The van der Waals surface area contributed by atoms with E-state index in [0.717, 1.165) is 18.7 Å². The van der Waals surface area contributed by atoms with Gasteiger partial charge in [0.15, 0.2) is 0 Å². The minimum atomic E-state index is -2.58. The minimum Gasteiger partial charge on any atom is -0.348 e. The average molecular weight is 341 g/mol. The number of amides is 1. The van der Waals surface area contributed by atoms with Crippen LogP contribution in [0.15, 0.2) is 12.3 Å². The van der Waals surface area contributed by atoms with Gasteiger partial charge in [0.25, 0.3) is 5.92 Å². The minimum absolute atomic E-state index is 0.0275. The predicted octanol–water partition coefficient (Wildman–Crippen LogP) is 0.887. The second-order valence-corrected chi connectivity index (χ2v) is 7.02. The summed E-state index contributed by atoms with van der Waals surface area (Å²) in [5.41, 5.74) is 1.07. The number of likely N-dealkylation sites (N-methyl/N-ethyl adjacent to an activating group) is 1. The first kappa shape index (κ1) is 17.3. The summed E-state index contributed by atoms with van der Waals surface area (Å²) in [6.07, 6.45) is 2.50. The van der Waals surface area contributed by atoms with Crippen LogP contribution in [0.1, 0.15) is 18.5 Å². The molecule has 1 amide bonds. The molecule has 6 nitrogen and oxygen atoms in total. The second-order valence-electron chi connectivity index (χ2n) is 7.02. The lowest BCUT2D eigenvalue weighted by Gasteiger charge is -2.32. The Hall–Kier alpha value is -1.54. The molecule has 0 N–H and O–H groups in total. The summed E-state index contributed by atoms with van der Waals surface area (Å²) in [7, 11) is 3.47. The average Bonchev–Trinajstić information content (AvgIpc) is 3.04. The van der Waals surface area contributed by atoms with Crippen LogP contribution in [-0.2, 0) is 17.9 Å². The third-order valence-corrected chi connectivity index (χ3v) is 4.91. The van der Waals surface area contributed by atoms with E-state index in [1.165, 1.54) is 0 Å². The van der Waals surface area contributed by atoms with Crippen molar-refractivity contribution in [2.24, 2.45) is 0 Å². The van der Waals surface area contributed by atoms with E-state index in [1.54, 1.807) is 25.2 Å². The standard InChI is InChI=1S/C16H25F2N5O/c1-20(2)15(24)11-22-10-14-3-6-19-23(14)7-4-13(22)9-21-8-5-16(17,18)12-21/h3,6,13H,4-5,7-12H2,1-2H3/t13-/m1/s1. The van der Waals surface area contributed by atoms with Crippen molar-refractivity contribution < 1.29 is 13.6 Å². The van der Waals surface area contributed by atoms with Crippen molar-refractivity contribution >= 4 is 5.91 Å². The lowest BCUT2D eigenvalue weighted by atomic mass is 10.1. The zero-order valence-electron chi connectivity index (χ0n) is 14.3. The molecular weight excluding hydrogens is 316 g/mol. The number of hydrogen-bond donors (Lipinski definition) is 0. The van der Waals surface area contributed by atoms with Crippen molar-refractivity contribution in [3.05, 3.63) is 18.0 Å². The summed E-state index contributed by atoms with van der Waals surface area (Å²) in [6, 6.07) is 2.03. The first-order valence-corrected chi connectivity index (χ1v) is 8.39. The molecule has 0 unspecified atom stereocenters. The van der Waals surface area contributed by atoms with Crippen LogP contribution in [-0.4, -0.2) is 82.6 Å². The van der Waals surface area contributed by atoms with Gasteiger partial charge in [-0.25, -0.2) is 8.78 Å². The quantitative estimate of drug-likeness (QED) is 0.816. The van der Waals surface area contributed by atoms with Crippen LogP contribution in [0.5, 0.6) is 0 Å². The highest BCUT2D eigenvalue weighted by Crippen LogP contribution is 2.28. The van der Waals surface area contributed by atoms with Gasteiger partial charge < -0.3 is 4.90 Å². The van der Waals surface area contributed by atoms with Gasteiger partial charge in [0.05, 0.1) is 18.8 Å². The zero-order chi connectivity index (χ0) is 17.3. The fraction of sp³-hybridized carbons (Fsp3) is 0.750. The lowest BCUT2D eigenvalue weighted by Crippen LogP contribution is -2.47. The SMILES string of the molecule is CN(C)C(=O)CN1Cc2ccnn2CC[C@@H]1CN1CCC(F)(F)C1. The van der Waals surface area contributed by atoms with Crippen LogP contribution in [0.2, 0.25) is 0 Å². The van der Waals surface area contributed by atoms with E-state index >= 15 is 0 Å². The molecule has 0 bridgehead atoms. The highest BCUT2D eigenvalue weighted by molar-refractivity contribution is 5.77. The fourth-order valence-electron chi connectivity index (χ4n) is 3.45. The maximum absolute atomic E-state index is 13.5. The number of alkyl halides is 2. The van der Waals surface area contributed by atoms with E-state index in [4.69, 9.17) is 0 Å². The zero-order valence-corrected chi connectivity index (χ0v) is 14.3. The summed E-state index contributed by atoms with van der Waals surface area (Å²) in [5, 5.41) is 4.32. The first-order valence-electron chi connectivity index (χ1n) is 8.39. The highest BCUT2D eigenvalue weighted by Gasteiger charge is 2.39. The number of hydrogen-bond acceptors (Lipinski definition) is 4. The van der Waals surface area contributed by atoms with Crippen LogP contribution in [0.4, 0.5) is 8.78 Å². The summed E-state index contributed by atoms with van der Waals surface area (Å²) < 4.78 is 28.9. The Kier molecular flexibility index (Phi) is 4.87. The van der Waals surface area contributed by atoms with Gasteiger partial charge in [0, 0.05) is 58.9 Å². The molecule has 0 aliphatic carbocycles. The summed E-state index contributed by atoms with van der Waals surface area (Å²) in [5.74, 6) is -2.55. The summed E-state index contributed by atoms with van der Waals surface area (Å²) in [6.45, 7) is 2.49. The van der Waals surface area contributed by atoms with Crippen molar-refractivity contribution in [1.29, 1.82) is 0 Å². The Bertz CT molecular complexity index is 589. The fourth-order valence-corrected chi connectivity index (χ4v) is 3.45. The third-order valence-electron chi connectivity index (χ3n) is 4.91. The number of likely N-dealkylation sites (tertiary alicyclic amines) is 1. The normalized spacial score (nSPS) is 24.6. The second kappa shape index (κ2) is 6.76. The monoisotopic (exact) mass is 341 g/mol. The molecule has 0 saturated carbocycles. The van der Waals surface area contributed by atoms with Crippen LogP contribution in [0, 0.1) is 0 Å². The van der Waals surface area contributed by atoms with Crippen molar-refractivity contribution in [2.75, 3.05) is 40.3 Å². The Morgan fingerprint density at radius 2 is 2.21 bits per heavy atom. The van der Waals surface area contributed by atoms with Gasteiger partial charge in [-0.15, -0.1) is 0 Å². The number of fused-ring (bicyclic) bond motifs is 1. The van der Waals surface area contributed by atoms with Gasteiger partial charge in [0.2, 0.25) is 5.91 Å². The third kappa shape index (κ3) is 3.92. The van der Waals surface area contributed by atoms with E-state index in [0.29, 0.717) is 26.2 Å². The van der Waals surface area contributed by atoms with E-state index in [1.807, 2.05) is 15.6 Å². The molecule has 24 heavy (non-hydrogen) atoms. The van der Waals surface area contributed by atoms with Crippen molar-refractivity contribution in [3.63, 3.8) is 0 Å². The van der Waals surface area contributed by atoms with Crippen LogP contribution < -0.4 is 0 Å². The van der Waals surface area contributed by atoms with Gasteiger partial charge >= 0.3 is 0 Å². The predicted molar refractivity (Wildman–Crippen MR) is 85.7 cm³/mol. The molecule has 3 heterocycles. The maximum Gasteiger partial charge on any atom is 0.261 e. The van der Waals surface area contributed by atoms with E-state index in [-0.39, 0.29) is 24.9 Å². The molecule has 1 aromatic rings. The Balaban J connectivity index is 1.72. The number of nitrogens with zero attached hydrogens (tertiary/aromatic N) is 5. The lowest BCUT2D eigenvalue weighted by molar-refractivity contribution is -0.130. The Morgan fingerprint density at radius 1 is 1.42 bits per heavy atom. The number of aromatic nitrogens is 2. The number of carbonyl (C=O) groups is 1. The van der Waals surface area contributed by atoms with E-state index in [2.05, 4.69) is 10.00 Å². The number of halogens is 2. The van der Waals surface area contributed by atoms with E-state index in [9.17, 15) is 13.6 Å². The molecule has 2 aliphatic heterocycles. The molecular formula is C16H25F2N5O. The van der Waals surface area contributed by atoms with Crippen molar-refractivity contribution in [2.45, 2.75) is 37.9 Å². The molecule has 1 saturated heterocycles. The van der Waals surface area contributed by atoms with Gasteiger partial charge in [-0.1, -0.05) is 0 Å². The molecule has 0 spiro atoms. The first-order chi connectivity index (χ1) is 11.3. The van der Waals surface area contributed by atoms with Crippen LogP contribution in [0.25, 0.3) is 0 Å². The summed E-state index contributed by atoms with van der Waals surface area (Å²) >= 11 is 0. The molecule has 0 radical (unpaired) electrons. The van der Waals surface area contributed by atoms with Gasteiger partial charge in [-0.2, -0.15) is 5.10 Å². The summed E-state index contributed by atoms with van der Waals surface area (Å²) in [4.78, 5) is 17.7. The Morgan fingerprint density at radius 3 is 2.88 bits per heavy atom. The molecule has 8 heteroatoms. The van der Waals surface area contributed by atoms with Gasteiger partial charge in [-0.3, -0.25) is 19.3 Å². The topological polar surface area (TPSA) is 44.6 Å². The Labute approximate surface area is 141 Å². The number of carbonyl (C=O) groups excluding carboxylic acids is 1. The molecule has 3 rings (SSSR count). The molecule has 1 atom stereocenters. The smallest absolute Gasteiger partial charge is 0.261 e. The molecule has 2 aliphatic rings. The van der Waals surface area contributed by atoms with Crippen LogP contribution >= 0.6 is 0 Å².